The summed E-state index contributed by atoms with van der Waals surface area (Å²) >= 11 is 0. The van der Waals surface area contributed by atoms with Gasteiger partial charge in [-0.05, 0) is 41.2 Å². The van der Waals surface area contributed by atoms with E-state index in [9.17, 15) is 9.59 Å². The van der Waals surface area contributed by atoms with Crippen molar-refractivity contribution in [3.05, 3.63) is 102 Å². The Hall–Kier alpha value is -3.60. The van der Waals surface area contributed by atoms with Crippen LogP contribution in [0.3, 0.4) is 0 Å². The molecule has 3 aromatic carbocycles. The molecule has 0 saturated heterocycles. The summed E-state index contributed by atoms with van der Waals surface area (Å²) in [5.74, 6) is 0.222. The van der Waals surface area contributed by atoms with Crippen molar-refractivity contribution >= 4 is 11.8 Å². The molecule has 3 rings (SSSR count). The van der Waals surface area contributed by atoms with Crippen LogP contribution in [-0.2, 0) is 28.0 Å². The predicted molar refractivity (Wildman–Crippen MR) is 140 cm³/mol. The first kappa shape index (κ1) is 26.0. The Kier molecular flexibility index (Phi) is 9.07. The van der Waals surface area contributed by atoms with Gasteiger partial charge in [0, 0.05) is 19.5 Å². The fourth-order valence-electron chi connectivity index (χ4n) is 3.91. The number of carbonyl (C=O) groups excluding carboxylic acids is 2. The van der Waals surface area contributed by atoms with E-state index in [2.05, 4.69) is 26.1 Å². The topological polar surface area (TPSA) is 58.6 Å². The molecule has 0 aliphatic carbocycles. The van der Waals surface area contributed by atoms with Crippen LogP contribution < -0.4 is 10.1 Å². The van der Waals surface area contributed by atoms with E-state index < -0.39 is 6.04 Å². The molecule has 0 fully saturated rings. The van der Waals surface area contributed by atoms with Gasteiger partial charge in [0.15, 0.2) is 6.61 Å². The number of benzene rings is 3. The molecule has 0 radical (unpaired) electrons. The molecule has 0 aliphatic heterocycles. The highest BCUT2D eigenvalue weighted by Crippen LogP contribution is 2.24. The van der Waals surface area contributed by atoms with Crippen molar-refractivity contribution in [1.82, 2.24) is 10.2 Å². The smallest absolute Gasteiger partial charge is 0.261 e. The molecular weight excluding hydrogens is 436 g/mol. The summed E-state index contributed by atoms with van der Waals surface area (Å²) in [5.41, 5.74) is 3.19. The Morgan fingerprint density at radius 1 is 0.857 bits per heavy atom. The first-order chi connectivity index (χ1) is 16.8. The number of carbonyl (C=O) groups is 2. The van der Waals surface area contributed by atoms with Crippen LogP contribution >= 0.6 is 0 Å². The van der Waals surface area contributed by atoms with E-state index in [-0.39, 0.29) is 23.8 Å². The van der Waals surface area contributed by atoms with Crippen molar-refractivity contribution in [1.29, 1.82) is 0 Å². The normalized spacial score (nSPS) is 12.0. The largest absolute Gasteiger partial charge is 0.484 e. The van der Waals surface area contributed by atoms with Gasteiger partial charge >= 0.3 is 0 Å². The predicted octanol–water partition coefficient (Wildman–Crippen LogP) is 5.14. The number of likely N-dealkylation sites (N-methyl/N-ethyl adjacent to an activating group) is 1. The van der Waals surface area contributed by atoms with E-state index in [4.69, 9.17) is 4.74 Å². The highest BCUT2D eigenvalue weighted by molar-refractivity contribution is 5.88. The van der Waals surface area contributed by atoms with Crippen LogP contribution in [0.15, 0.2) is 84.9 Å². The van der Waals surface area contributed by atoms with Gasteiger partial charge in [-0.25, -0.2) is 0 Å². The summed E-state index contributed by atoms with van der Waals surface area (Å²) in [7, 11) is 0. The number of nitrogens with one attached hydrogen (secondary N) is 1. The molecule has 0 spiro atoms. The second-order valence-electron chi connectivity index (χ2n) is 9.67. The molecule has 0 bridgehead atoms. The third-order valence-corrected chi connectivity index (χ3v) is 5.90. The Morgan fingerprint density at radius 3 is 1.97 bits per heavy atom. The molecule has 0 saturated carbocycles. The Morgan fingerprint density at radius 2 is 1.43 bits per heavy atom. The number of hydrogen-bond donors (Lipinski definition) is 1. The molecular formula is C30H36N2O3. The molecule has 35 heavy (non-hydrogen) atoms. The van der Waals surface area contributed by atoms with Gasteiger partial charge in [0.25, 0.3) is 5.91 Å². The van der Waals surface area contributed by atoms with E-state index >= 15 is 0 Å². The lowest BCUT2D eigenvalue weighted by molar-refractivity contribution is -0.142. The van der Waals surface area contributed by atoms with Crippen LogP contribution in [0.5, 0.6) is 5.75 Å². The molecule has 1 unspecified atom stereocenters. The van der Waals surface area contributed by atoms with Crippen molar-refractivity contribution in [2.45, 2.75) is 52.1 Å². The van der Waals surface area contributed by atoms with Crippen molar-refractivity contribution < 1.29 is 14.3 Å². The van der Waals surface area contributed by atoms with Gasteiger partial charge in [-0.15, -0.1) is 0 Å². The summed E-state index contributed by atoms with van der Waals surface area (Å²) in [6.45, 7) is 9.01. The lowest BCUT2D eigenvalue weighted by atomic mass is 9.87. The number of rotatable bonds is 10. The van der Waals surface area contributed by atoms with Crippen LogP contribution in [0, 0.1) is 0 Å². The number of nitrogens with zero attached hydrogens (tertiary/aromatic N) is 1. The zero-order valence-corrected chi connectivity index (χ0v) is 21.2. The molecule has 184 valence electrons. The van der Waals surface area contributed by atoms with Crippen LogP contribution in [0.25, 0.3) is 0 Å². The maximum Gasteiger partial charge on any atom is 0.261 e. The molecule has 5 heteroatoms. The van der Waals surface area contributed by atoms with Crippen LogP contribution in [0.4, 0.5) is 0 Å². The van der Waals surface area contributed by atoms with Gasteiger partial charge in [-0.1, -0.05) is 93.6 Å². The molecule has 3 aromatic rings. The number of amides is 2. The lowest BCUT2D eigenvalue weighted by Gasteiger charge is -2.31. The summed E-state index contributed by atoms with van der Waals surface area (Å²) in [6, 6.07) is 26.7. The quantitative estimate of drug-likeness (QED) is 0.445. The average Bonchev–Trinajstić information content (AvgIpc) is 2.86. The molecule has 5 nitrogen and oxygen atoms in total. The van der Waals surface area contributed by atoms with Crippen molar-refractivity contribution in [2.75, 3.05) is 13.2 Å². The highest BCUT2D eigenvalue weighted by Gasteiger charge is 2.30. The van der Waals surface area contributed by atoms with Crippen LogP contribution in [-0.4, -0.2) is 35.9 Å². The second-order valence-corrected chi connectivity index (χ2v) is 9.67. The van der Waals surface area contributed by atoms with E-state index in [0.29, 0.717) is 25.3 Å². The molecule has 0 aliphatic rings. The van der Waals surface area contributed by atoms with Gasteiger partial charge in [0.05, 0.1) is 0 Å². The third kappa shape index (κ3) is 7.71. The minimum atomic E-state index is -0.656. The zero-order valence-electron chi connectivity index (χ0n) is 21.2. The fraction of sp³-hybridized carbons (Fsp3) is 0.333. The van der Waals surface area contributed by atoms with E-state index in [1.807, 2.05) is 91.9 Å². The molecule has 0 aromatic heterocycles. The maximum absolute atomic E-state index is 13.5. The first-order valence-corrected chi connectivity index (χ1v) is 12.2. The Balaban J connectivity index is 1.83. The Labute approximate surface area is 209 Å². The minimum Gasteiger partial charge on any atom is -0.484 e. The van der Waals surface area contributed by atoms with Crippen LogP contribution in [0.2, 0.25) is 0 Å². The highest BCUT2D eigenvalue weighted by atomic mass is 16.5. The van der Waals surface area contributed by atoms with E-state index in [0.717, 1.165) is 11.1 Å². The molecule has 1 atom stereocenters. The third-order valence-electron chi connectivity index (χ3n) is 5.90. The van der Waals surface area contributed by atoms with Gasteiger partial charge in [-0.2, -0.15) is 0 Å². The SMILES string of the molecule is CCNC(=O)C(Cc1ccccc1)N(Cc1ccccc1)C(=O)COc1ccc(C(C)(C)C)cc1. The summed E-state index contributed by atoms with van der Waals surface area (Å²) in [6.07, 6.45) is 0.422. The summed E-state index contributed by atoms with van der Waals surface area (Å²) in [4.78, 5) is 28.3. The van der Waals surface area contributed by atoms with E-state index in [1.54, 1.807) is 4.90 Å². The fourth-order valence-corrected chi connectivity index (χ4v) is 3.91. The molecule has 1 N–H and O–H groups in total. The first-order valence-electron chi connectivity index (χ1n) is 12.2. The van der Waals surface area contributed by atoms with E-state index in [1.165, 1.54) is 5.56 Å². The summed E-state index contributed by atoms with van der Waals surface area (Å²) in [5, 5.41) is 2.91. The average molecular weight is 473 g/mol. The van der Waals surface area contributed by atoms with Crippen molar-refractivity contribution in [2.24, 2.45) is 0 Å². The molecule has 0 heterocycles. The maximum atomic E-state index is 13.5. The number of ether oxygens (including phenoxy) is 1. The zero-order chi connectivity index (χ0) is 25.3. The number of hydrogen-bond acceptors (Lipinski definition) is 3. The summed E-state index contributed by atoms with van der Waals surface area (Å²) < 4.78 is 5.87. The Bertz CT molecular complexity index is 1070. The van der Waals surface area contributed by atoms with Crippen LogP contribution in [0.1, 0.15) is 44.4 Å². The second kappa shape index (κ2) is 12.2. The standard InChI is InChI=1S/C30H36N2O3/c1-5-31-29(34)27(20-23-12-8-6-9-13-23)32(21-24-14-10-7-11-15-24)28(33)22-35-26-18-16-25(17-19-26)30(2,3)4/h6-19,27H,5,20-22H2,1-4H3,(H,31,34). The van der Waals surface area contributed by atoms with Crippen molar-refractivity contribution in [3.8, 4) is 5.75 Å². The monoisotopic (exact) mass is 472 g/mol. The van der Waals surface area contributed by atoms with Gasteiger partial charge < -0.3 is 15.0 Å². The van der Waals surface area contributed by atoms with Crippen molar-refractivity contribution in [3.63, 3.8) is 0 Å². The van der Waals surface area contributed by atoms with Gasteiger partial charge in [0.1, 0.15) is 11.8 Å². The minimum absolute atomic E-state index is 0.0398. The van der Waals surface area contributed by atoms with Gasteiger partial charge in [-0.3, -0.25) is 9.59 Å². The lowest BCUT2D eigenvalue weighted by Crippen LogP contribution is -2.51. The van der Waals surface area contributed by atoms with Gasteiger partial charge in [0.2, 0.25) is 5.91 Å². The molecule has 2 amide bonds.